The summed E-state index contributed by atoms with van der Waals surface area (Å²) in [4.78, 5) is 17.4. The lowest BCUT2D eigenvalue weighted by molar-refractivity contribution is -0.122. The zero-order valence-electron chi connectivity index (χ0n) is 17.4. The molecule has 0 saturated carbocycles. The summed E-state index contributed by atoms with van der Waals surface area (Å²) in [5.41, 5.74) is 4.25. The lowest BCUT2D eigenvalue weighted by Crippen LogP contribution is -2.44. The molecule has 0 spiro atoms. The second-order valence-corrected chi connectivity index (χ2v) is 7.66. The normalized spacial score (nSPS) is 15.9. The van der Waals surface area contributed by atoms with Gasteiger partial charge in [0.2, 0.25) is 0 Å². The van der Waals surface area contributed by atoms with Crippen LogP contribution in [0, 0.1) is 13.8 Å². The number of benzene rings is 2. The third kappa shape index (κ3) is 5.26. The number of nitrogens with one attached hydrogen (secondary N) is 1. The fraction of sp³-hybridized carbons (Fsp3) is 0.435. The van der Waals surface area contributed by atoms with E-state index in [2.05, 4.69) is 40.4 Å². The number of ether oxygens (including phenoxy) is 1. The Morgan fingerprint density at radius 1 is 1.04 bits per heavy atom. The van der Waals surface area contributed by atoms with Gasteiger partial charge in [0.1, 0.15) is 5.75 Å². The van der Waals surface area contributed by atoms with E-state index >= 15 is 0 Å². The van der Waals surface area contributed by atoms with Crippen LogP contribution in [0.4, 0.5) is 11.4 Å². The van der Waals surface area contributed by atoms with E-state index in [9.17, 15) is 4.79 Å². The van der Waals surface area contributed by atoms with Gasteiger partial charge in [0.05, 0.1) is 0 Å². The average molecular weight is 382 g/mol. The van der Waals surface area contributed by atoms with Crippen LogP contribution in [0.5, 0.6) is 5.75 Å². The summed E-state index contributed by atoms with van der Waals surface area (Å²) < 4.78 is 5.96. The molecule has 1 heterocycles. The first-order valence-electron chi connectivity index (χ1n) is 10.0. The van der Waals surface area contributed by atoms with Gasteiger partial charge in [0.25, 0.3) is 5.91 Å². The molecule has 2 aromatic carbocycles. The monoisotopic (exact) mass is 381 g/mol. The molecule has 150 valence electrons. The molecule has 0 bridgehead atoms. The van der Waals surface area contributed by atoms with Crippen molar-refractivity contribution >= 4 is 17.3 Å². The number of carbonyl (C=O) groups excluding carboxylic acids is 1. The third-order valence-corrected chi connectivity index (χ3v) is 5.14. The van der Waals surface area contributed by atoms with Gasteiger partial charge in [-0.25, -0.2) is 0 Å². The summed E-state index contributed by atoms with van der Waals surface area (Å²) in [7, 11) is 2.15. The Labute approximate surface area is 168 Å². The van der Waals surface area contributed by atoms with E-state index in [0.29, 0.717) is 6.42 Å². The van der Waals surface area contributed by atoms with E-state index in [4.69, 9.17) is 4.74 Å². The molecular formula is C23H31N3O2. The maximum atomic E-state index is 12.7. The van der Waals surface area contributed by atoms with Gasteiger partial charge < -0.3 is 19.9 Å². The first kappa shape index (κ1) is 20.2. The predicted octanol–water partition coefficient (Wildman–Crippen LogP) is 3.85. The number of piperazine rings is 1. The van der Waals surface area contributed by atoms with Crippen molar-refractivity contribution in [2.75, 3.05) is 43.4 Å². The maximum absolute atomic E-state index is 12.7. The van der Waals surface area contributed by atoms with E-state index < -0.39 is 6.10 Å². The number of aryl methyl sites for hydroxylation is 2. The van der Waals surface area contributed by atoms with Gasteiger partial charge in [0.15, 0.2) is 6.10 Å². The van der Waals surface area contributed by atoms with E-state index in [1.807, 2.05) is 45.0 Å². The number of rotatable bonds is 6. The fourth-order valence-corrected chi connectivity index (χ4v) is 3.53. The molecule has 1 amide bonds. The molecule has 0 aromatic heterocycles. The highest BCUT2D eigenvalue weighted by atomic mass is 16.5. The van der Waals surface area contributed by atoms with Crippen molar-refractivity contribution in [3.05, 3.63) is 53.6 Å². The molecule has 0 aliphatic carbocycles. The standard InChI is InChI=1S/C23H31N3O2/c1-5-22(28-21-15-17(2)14-18(3)16-21)23(27)24-19-6-8-20(9-7-19)26-12-10-25(4)11-13-26/h6-9,14-16,22H,5,10-13H2,1-4H3,(H,24,27)/t22-/m1/s1. The minimum Gasteiger partial charge on any atom is -0.481 e. The van der Waals surface area contributed by atoms with Crippen molar-refractivity contribution in [2.24, 2.45) is 0 Å². The predicted molar refractivity (Wildman–Crippen MR) is 115 cm³/mol. The van der Waals surface area contributed by atoms with Gasteiger partial charge in [-0.3, -0.25) is 4.79 Å². The molecule has 0 unspecified atom stereocenters. The van der Waals surface area contributed by atoms with Crippen molar-refractivity contribution in [1.29, 1.82) is 0 Å². The van der Waals surface area contributed by atoms with Crippen LogP contribution in [0.25, 0.3) is 0 Å². The molecule has 1 atom stereocenters. The van der Waals surface area contributed by atoms with E-state index in [-0.39, 0.29) is 5.91 Å². The lowest BCUT2D eigenvalue weighted by Gasteiger charge is -2.34. The number of hydrogen-bond acceptors (Lipinski definition) is 4. The first-order chi connectivity index (χ1) is 13.4. The van der Waals surface area contributed by atoms with Crippen LogP contribution in [0.3, 0.4) is 0 Å². The maximum Gasteiger partial charge on any atom is 0.265 e. The van der Waals surface area contributed by atoms with Crippen LogP contribution in [0.1, 0.15) is 24.5 Å². The topological polar surface area (TPSA) is 44.8 Å². The highest BCUT2D eigenvalue weighted by Gasteiger charge is 2.19. The SMILES string of the molecule is CC[C@@H](Oc1cc(C)cc(C)c1)C(=O)Nc1ccc(N2CCN(C)CC2)cc1. The Morgan fingerprint density at radius 3 is 2.21 bits per heavy atom. The van der Waals surface area contributed by atoms with Crippen LogP contribution < -0.4 is 15.0 Å². The summed E-state index contributed by atoms with van der Waals surface area (Å²) in [5.74, 6) is 0.624. The van der Waals surface area contributed by atoms with Gasteiger partial charge in [-0.1, -0.05) is 13.0 Å². The number of amides is 1. The van der Waals surface area contributed by atoms with Crippen LogP contribution >= 0.6 is 0 Å². The van der Waals surface area contributed by atoms with Crippen molar-refractivity contribution < 1.29 is 9.53 Å². The quantitative estimate of drug-likeness (QED) is 0.825. The second-order valence-electron chi connectivity index (χ2n) is 7.66. The molecule has 5 nitrogen and oxygen atoms in total. The highest BCUT2D eigenvalue weighted by molar-refractivity contribution is 5.94. The Kier molecular flexibility index (Phi) is 6.57. The smallest absolute Gasteiger partial charge is 0.265 e. The third-order valence-electron chi connectivity index (χ3n) is 5.14. The Hall–Kier alpha value is -2.53. The number of carbonyl (C=O) groups is 1. The van der Waals surface area contributed by atoms with Gasteiger partial charge >= 0.3 is 0 Å². The van der Waals surface area contributed by atoms with Crippen molar-refractivity contribution in [3.8, 4) is 5.75 Å². The van der Waals surface area contributed by atoms with Crippen molar-refractivity contribution in [2.45, 2.75) is 33.3 Å². The molecule has 1 N–H and O–H groups in total. The van der Waals surface area contributed by atoms with Crippen LogP contribution in [-0.4, -0.2) is 50.1 Å². The van der Waals surface area contributed by atoms with E-state index in [1.165, 1.54) is 5.69 Å². The van der Waals surface area contributed by atoms with Crippen molar-refractivity contribution in [3.63, 3.8) is 0 Å². The molecule has 1 aliphatic heterocycles. The molecular weight excluding hydrogens is 350 g/mol. The second kappa shape index (κ2) is 9.11. The first-order valence-corrected chi connectivity index (χ1v) is 10.0. The molecule has 0 radical (unpaired) electrons. The van der Waals surface area contributed by atoms with Gasteiger partial charge in [-0.2, -0.15) is 0 Å². The minimum absolute atomic E-state index is 0.117. The molecule has 1 fully saturated rings. The number of hydrogen-bond donors (Lipinski definition) is 1. The Balaban J connectivity index is 1.60. The number of nitrogens with zero attached hydrogens (tertiary/aromatic N) is 2. The summed E-state index contributed by atoms with van der Waals surface area (Å²) in [6, 6.07) is 14.1. The van der Waals surface area contributed by atoms with E-state index in [0.717, 1.165) is 48.7 Å². The minimum atomic E-state index is -0.515. The van der Waals surface area contributed by atoms with Crippen LogP contribution in [-0.2, 0) is 4.79 Å². The Bertz CT molecular complexity index is 776. The summed E-state index contributed by atoms with van der Waals surface area (Å²) in [5, 5.41) is 2.99. The largest absolute Gasteiger partial charge is 0.481 e. The summed E-state index contributed by atoms with van der Waals surface area (Å²) in [6.07, 6.45) is 0.0941. The number of likely N-dealkylation sites (N-methyl/N-ethyl adjacent to an activating group) is 1. The van der Waals surface area contributed by atoms with Gasteiger partial charge in [-0.05, 0) is 74.8 Å². The molecule has 1 aliphatic rings. The lowest BCUT2D eigenvalue weighted by atomic mass is 10.1. The fourth-order valence-electron chi connectivity index (χ4n) is 3.53. The molecule has 28 heavy (non-hydrogen) atoms. The number of anilines is 2. The van der Waals surface area contributed by atoms with Crippen LogP contribution in [0.2, 0.25) is 0 Å². The van der Waals surface area contributed by atoms with Gasteiger partial charge in [-0.15, -0.1) is 0 Å². The summed E-state index contributed by atoms with van der Waals surface area (Å²) in [6.45, 7) is 10.2. The summed E-state index contributed by atoms with van der Waals surface area (Å²) >= 11 is 0. The zero-order valence-corrected chi connectivity index (χ0v) is 17.4. The van der Waals surface area contributed by atoms with Gasteiger partial charge in [0, 0.05) is 37.6 Å². The highest BCUT2D eigenvalue weighted by Crippen LogP contribution is 2.21. The Morgan fingerprint density at radius 2 is 1.64 bits per heavy atom. The molecule has 2 aromatic rings. The van der Waals surface area contributed by atoms with Crippen molar-refractivity contribution in [1.82, 2.24) is 4.90 Å². The molecule has 5 heteroatoms. The van der Waals surface area contributed by atoms with E-state index in [1.54, 1.807) is 0 Å². The zero-order chi connectivity index (χ0) is 20.1. The van der Waals surface area contributed by atoms with Crippen LogP contribution in [0.15, 0.2) is 42.5 Å². The molecule has 3 rings (SSSR count). The molecule has 1 saturated heterocycles. The average Bonchev–Trinajstić information content (AvgIpc) is 2.66.